The number of fused-ring (bicyclic) bond motifs is 2. The number of carboxylic acid groups (broad SMARTS) is 1. The summed E-state index contributed by atoms with van der Waals surface area (Å²) in [4.78, 5) is 28.1. The third-order valence-electron chi connectivity index (χ3n) is 5.05. The Morgan fingerprint density at radius 3 is 2.52 bits per heavy atom. The summed E-state index contributed by atoms with van der Waals surface area (Å²) < 4.78 is 33.8. The molecular weight excluding hydrogens is 437 g/mol. The number of hydrogen-bond acceptors (Lipinski definition) is 7. The molecule has 4 heterocycles. The third-order valence-corrected chi connectivity index (χ3v) is 5.81. The van der Waals surface area contributed by atoms with E-state index in [9.17, 15) is 18.0 Å². The van der Waals surface area contributed by atoms with Crippen molar-refractivity contribution in [1.82, 2.24) is 30.0 Å². The molecule has 2 aromatic rings. The molecule has 13 heteroatoms. The number of alkyl halides is 3. The smallest absolute Gasteiger partial charge is 0.475 e. The predicted molar refractivity (Wildman–Crippen MR) is 104 cm³/mol. The largest absolute Gasteiger partial charge is 0.490 e. The second-order valence-electron chi connectivity index (χ2n) is 7.83. The number of rotatable bonds is 4. The van der Waals surface area contributed by atoms with Gasteiger partial charge in [-0.1, -0.05) is 0 Å². The molecule has 4 rings (SSSR count). The average Bonchev–Trinajstić information content (AvgIpc) is 3.38. The van der Waals surface area contributed by atoms with Crippen molar-refractivity contribution in [2.45, 2.75) is 45.6 Å². The Morgan fingerprint density at radius 2 is 1.94 bits per heavy atom. The summed E-state index contributed by atoms with van der Waals surface area (Å²) in [5, 5.41) is 21.6. The van der Waals surface area contributed by atoms with Gasteiger partial charge in [0.2, 0.25) is 5.82 Å². The minimum Gasteiger partial charge on any atom is -0.475 e. The summed E-state index contributed by atoms with van der Waals surface area (Å²) in [7, 11) is 0. The molecule has 0 aromatic carbocycles. The number of aromatic nitrogens is 4. The molecule has 1 saturated heterocycles. The number of halogens is 3. The molecule has 0 radical (unpaired) electrons. The Morgan fingerprint density at radius 1 is 1.26 bits per heavy atom. The predicted octanol–water partition coefficient (Wildman–Crippen LogP) is 1.81. The maximum Gasteiger partial charge on any atom is 0.490 e. The van der Waals surface area contributed by atoms with Gasteiger partial charge < -0.3 is 15.0 Å². The van der Waals surface area contributed by atoms with E-state index in [1.165, 1.54) is 5.01 Å². The molecule has 31 heavy (non-hydrogen) atoms. The molecule has 2 aromatic heterocycles. The Kier molecular flexibility index (Phi) is 6.94. The molecule has 0 saturated carbocycles. The number of carbonyl (C=O) groups excluding carboxylic acids is 1. The number of likely N-dealkylation sites (tertiary alicyclic amines) is 1. The lowest BCUT2D eigenvalue weighted by molar-refractivity contribution is -0.192. The highest BCUT2D eigenvalue weighted by molar-refractivity contribution is 7.09. The zero-order valence-electron chi connectivity index (χ0n) is 17.0. The van der Waals surface area contributed by atoms with Crippen molar-refractivity contribution in [2.75, 3.05) is 13.1 Å². The first-order valence-corrected chi connectivity index (χ1v) is 10.6. The van der Waals surface area contributed by atoms with Gasteiger partial charge in [-0.2, -0.15) is 13.2 Å². The molecule has 0 bridgehead atoms. The standard InChI is InChI=1S/C16H22N6OS.C2HF3O2/c1-10(2)18-16(23)15-20-19-13-5-11-6-21(7-12(11)8-22(13)15)9-14-17-3-4-24-14;3-2(4,5)1(6)7/h3-4,10-12H,5-9H2,1-2H3,(H,18,23);(H,6,7). The Bertz CT molecular complexity index is 915. The second kappa shape index (κ2) is 9.30. The number of nitrogens with zero attached hydrogens (tertiary/aromatic N) is 5. The fourth-order valence-corrected chi connectivity index (χ4v) is 4.42. The van der Waals surface area contributed by atoms with Crippen LogP contribution in [0.25, 0.3) is 0 Å². The molecule has 2 aliphatic rings. The van der Waals surface area contributed by atoms with Crippen LogP contribution in [0.2, 0.25) is 0 Å². The van der Waals surface area contributed by atoms with Crippen LogP contribution in [0.4, 0.5) is 13.2 Å². The van der Waals surface area contributed by atoms with Crippen LogP contribution < -0.4 is 5.32 Å². The maximum atomic E-state index is 12.3. The number of hydrogen-bond donors (Lipinski definition) is 2. The van der Waals surface area contributed by atoms with E-state index < -0.39 is 12.1 Å². The summed E-state index contributed by atoms with van der Waals surface area (Å²) in [6.07, 6.45) is -2.31. The first-order chi connectivity index (χ1) is 14.5. The van der Waals surface area contributed by atoms with Gasteiger partial charge in [0.15, 0.2) is 0 Å². The fourth-order valence-electron chi connectivity index (χ4n) is 3.77. The van der Waals surface area contributed by atoms with E-state index in [0.717, 1.165) is 38.4 Å². The van der Waals surface area contributed by atoms with Crippen molar-refractivity contribution in [2.24, 2.45) is 11.8 Å². The van der Waals surface area contributed by atoms with E-state index in [1.54, 1.807) is 11.3 Å². The van der Waals surface area contributed by atoms with Crippen LogP contribution in [0.1, 0.15) is 35.3 Å². The molecule has 2 aliphatic heterocycles. The minimum absolute atomic E-state index is 0.0991. The van der Waals surface area contributed by atoms with E-state index in [2.05, 4.69) is 25.4 Å². The number of amides is 1. The Labute approximate surface area is 180 Å². The van der Waals surface area contributed by atoms with Gasteiger partial charge in [0.05, 0.1) is 6.54 Å². The summed E-state index contributed by atoms with van der Waals surface area (Å²) in [5.74, 6) is -0.328. The topological polar surface area (TPSA) is 113 Å². The summed E-state index contributed by atoms with van der Waals surface area (Å²) in [6, 6.07) is 0.0991. The van der Waals surface area contributed by atoms with E-state index in [-0.39, 0.29) is 11.9 Å². The van der Waals surface area contributed by atoms with Crippen molar-refractivity contribution in [3.8, 4) is 0 Å². The minimum atomic E-state index is -5.08. The molecular formula is C18H23F3N6O3S. The van der Waals surface area contributed by atoms with Crippen molar-refractivity contribution < 1.29 is 27.9 Å². The summed E-state index contributed by atoms with van der Waals surface area (Å²) in [5.41, 5.74) is 0. The molecule has 2 unspecified atom stereocenters. The van der Waals surface area contributed by atoms with E-state index in [1.807, 2.05) is 30.0 Å². The Hall–Kier alpha value is -2.54. The van der Waals surface area contributed by atoms with Gasteiger partial charge in [-0.15, -0.1) is 21.5 Å². The number of thiazole rings is 1. The highest BCUT2D eigenvalue weighted by Gasteiger charge is 2.39. The van der Waals surface area contributed by atoms with Gasteiger partial charge in [0.1, 0.15) is 10.8 Å². The van der Waals surface area contributed by atoms with Crippen LogP contribution in [0, 0.1) is 11.8 Å². The summed E-state index contributed by atoms with van der Waals surface area (Å²) >= 11 is 1.71. The van der Waals surface area contributed by atoms with Crippen LogP contribution >= 0.6 is 11.3 Å². The molecule has 1 amide bonds. The third kappa shape index (κ3) is 5.79. The van der Waals surface area contributed by atoms with Gasteiger partial charge in [-0.25, -0.2) is 9.78 Å². The van der Waals surface area contributed by atoms with Crippen molar-refractivity contribution in [3.63, 3.8) is 0 Å². The first-order valence-electron chi connectivity index (χ1n) is 9.68. The van der Waals surface area contributed by atoms with Gasteiger partial charge in [0.25, 0.3) is 5.91 Å². The van der Waals surface area contributed by atoms with Crippen molar-refractivity contribution >= 4 is 23.2 Å². The average molecular weight is 460 g/mol. The second-order valence-corrected chi connectivity index (χ2v) is 8.80. The number of aliphatic carboxylic acids is 1. The first kappa shape index (κ1) is 23.1. The monoisotopic (exact) mass is 460 g/mol. The van der Waals surface area contributed by atoms with Gasteiger partial charge >= 0.3 is 12.1 Å². The van der Waals surface area contributed by atoms with Crippen LogP contribution in [-0.4, -0.2) is 66.9 Å². The lowest BCUT2D eigenvalue weighted by Gasteiger charge is -2.25. The highest BCUT2D eigenvalue weighted by Crippen LogP contribution is 2.33. The number of carbonyl (C=O) groups is 2. The van der Waals surface area contributed by atoms with Crippen LogP contribution in [0.3, 0.4) is 0 Å². The van der Waals surface area contributed by atoms with Gasteiger partial charge in [-0.3, -0.25) is 9.69 Å². The fraction of sp³-hybridized carbons (Fsp3) is 0.611. The SMILES string of the molecule is CC(C)NC(=O)c1nnc2n1CC1CN(Cc3nccs3)CC1C2.O=C(O)C(F)(F)F. The Balaban J connectivity index is 0.000000339. The van der Waals surface area contributed by atoms with Crippen LogP contribution in [0.15, 0.2) is 11.6 Å². The number of carboxylic acids is 1. The normalized spacial score (nSPS) is 20.6. The van der Waals surface area contributed by atoms with Gasteiger partial charge in [0, 0.05) is 43.7 Å². The lowest BCUT2D eigenvalue weighted by atomic mass is 9.89. The zero-order valence-corrected chi connectivity index (χ0v) is 17.8. The molecule has 0 spiro atoms. The van der Waals surface area contributed by atoms with Crippen LogP contribution in [0.5, 0.6) is 0 Å². The van der Waals surface area contributed by atoms with Crippen molar-refractivity contribution in [1.29, 1.82) is 0 Å². The molecule has 0 aliphatic carbocycles. The molecule has 170 valence electrons. The zero-order chi connectivity index (χ0) is 22.8. The van der Waals surface area contributed by atoms with Crippen molar-refractivity contribution in [3.05, 3.63) is 28.2 Å². The molecule has 9 nitrogen and oxygen atoms in total. The van der Waals surface area contributed by atoms with E-state index >= 15 is 0 Å². The molecule has 1 fully saturated rings. The molecule has 2 atom stereocenters. The van der Waals surface area contributed by atoms with Gasteiger partial charge in [-0.05, 0) is 25.7 Å². The maximum absolute atomic E-state index is 12.3. The highest BCUT2D eigenvalue weighted by atomic mass is 32.1. The van der Waals surface area contributed by atoms with E-state index in [4.69, 9.17) is 9.90 Å². The quantitative estimate of drug-likeness (QED) is 0.715. The summed E-state index contributed by atoms with van der Waals surface area (Å²) in [6.45, 7) is 7.79. The molecule has 2 N–H and O–H groups in total. The van der Waals surface area contributed by atoms with Crippen LogP contribution in [-0.2, 0) is 24.3 Å². The lowest BCUT2D eigenvalue weighted by Crippen LogP contribution is -2.35. The van der Waals surface area contributed by atoms with E-state index in [0.29, 0.717) is 17.7 Å². The number of nitrogens with one attached hydrogen (secondary N) is 1.